The van der Waals surface area contributed by atoms with Crippen LogP contribution in [0.1, 0.15) is 23.7 Å². The molecule has 0 heterocycles. The first kappa shape index (κ1) is 13.2. The van der Waals surface area contributed by atoms with E-state index in [9.17, 15) is 14.0 Å². The minimum Gasteiger partial charge on any atom is -0.490 e. The van der Waals surface area contributed by atoms with Crippen molar-refractivity contribution in [1.82, 2.24) is 0 Å². The molecule has 0 N–H and O–H groups in total. The van der Waals surface area contributed by atoms with Gasteiger partial charge < -0.3 is 9.47 Å². The molecule has 1 aromatic carbocycles. The molecular formula is C12H13FO4. The Hall–Kier alpha value is -1.91. The SMILES string of the molecule is CCOC(=O)CCOc1ccc(C=O)cc1F. The lowest BCUT2D eigenvalue weighted by molar-refractivity contribution is -0.143. The zero-order valence-electron chi connectivity index (χ0n) is 9.44. The van der Waals surface area contributed by atoms with Crippen LogP contribution in [-0.4, -0.2) is 25.5 Å². The van der Waals surface area contributed by atoms with E-state index in [1.165, 1.54) is 12.1 Å². The molecule has 17 heavy (non-hydrogen) atoms. The van der Waals surface area contributed by atoms with Gasteiger partial charge in [-0.05, 0) is 25.1 Å². The maximum Gasteiger partial charge on any atom is 0.309 e. The van der Waals surface area contributed by atoms with Gasteiger partial charge in [0.25, 0.3) is 0 Å². The maximum atomic E-state index is 13.3. The molecule has 0 saturated carbocycles. The molecule has 5 heteroatoms. The highest BCUT2D eigenvalue weighted by molar-refractivity contribution is 5.75. The van der Waals surface area contributed by atoms with Crippen LogP contribution in [0, 0.1) is 5.82 Å². The Labute approximate surface area is 98.3 Å². The lowest BCUT2D eigenvalue weighted by atomic mass is 10.2. The minimum atomic E-state index is -0.626. The first-order chi connectivity index (χ1) is 8.17. The molecule has 0 aromatic heterocycles. The second-order valence-electron chi connectivity index (χ2n) is 3.21. The summed E-state index contributed by atoms with van der Waals surface area (Å²) in [6.45, 7) is 2.05. The molecule has 1 aromatic rings. The van der Waals surface area contributed by atoms with Gasteiger partial charge in [-0.25, -0.2) is 4.39 Å². The first-order valence-corrected chi connectivity index (χ1v) is 5.20. The first-order valence-electron chi connectivity index (χ1n) is 5.20. The minimum absolute atomic E-state index is 0.0138. The number of esters is 1. The van der Waals surface area contributed by atoms with Crippen molar-refractivity contribution < 1.29 is 23.5 Å². The van der Waals surface area contributed by atoms with E-state index in [0.717, 1.165) is 6.07 Å². The van der Waals surface area contributed by atoms with Gasteiger partial charge >= 0.3 is 5.97 Å². The molecule has 4 nitrogen and oxygen atoms in total. The van der Waals surface area contributed by atoms with Crippen LogP contribution < -0.4 is 4.74 Å². The van der Waals surface area contributed by atoms with Gasteiger partial charge in [0.1, 0.15) is 6.29 Å². The van der Waals surface area contributed by atoms with Crippen molar-refractivity contribution in [3.63, 3.8) is 0 Å². The van der Waals surface area contributed by atoms with Crippen LogP contribution in [0.15, 0.2) is 18.2 Å². The van der Waals surface area contributed by atoms with Gasteiger partial charge in [-0.2, -0.15) is 0 Å². The summed E-state index contributed by atoms with van der Waals surface area (Å²) in [6, 6.07) is 3.87. The van der Waals surface area contributed by atoms with E-state index in [1.807, 2.05) is 0 Å². The highest BCUT2D eigenvalue weighted by Gasteiger charge is 2.06. The zero-order chi connectivity index (χ0) is 12.7. The number of carbonyl (C=O) groups excluding carboxylic acids is 2. The van der Waals surface area contributed by atoms with Crippen LogP contribution in [0.3, 0.4) is 0 Å². The Kier molecular flexibility index (Phi) is 5.13. The average Bonchev–Trinajstić information content (AvgIpc) is 2.31. The van der Waals surface area contributed by atoms with Crippen LogP contribution in [0.5, 0.6) is 5.75 Å². The van der Waals surface area contributed by atoms with E-state index in [-0.39, 0.29) is 24.3 Å². The summed E-state index contributed by atoms with van der Waals surface area (Å²) in [4.78, 5) is 21.4. The van der Waals surface area contributed by atoms with Crippen molar-refractivity contribution in [2.45, 2.75) is 13.3 Å². The number of hydrogen-bond donors (Lipinski definition) is 0. The Morgan fingerprint density at radius 3 is 2.82 bits per heavy atom. The quantitative estimate of drug-likeness (QED) is 0.563. The van der Waals surface area contributed by atoms with Gasteiger partial charge in [0, 0.05) is 5.56 Å². The normalized spacial score (nSPS) is 9.76. The van der Waals surface area contributed by atoms with Gasteiger partial charge in [-0.3, -0.25) is 9.59 Å². The fourth-order valence-corrected chi connectivity index (χ4v) is 1.18. The van der Waals surface area contributed by atoms with Gasteiger partial charge in [0.15, 0.2) is 11.6 Å². The van der Waals surface area contributed by atoms with Crippen molar-refractivity contribution in [2.75, 3.05) is 13.2 Å². The van der Waals surface area contributed by atoms with Crippen molar-refractivity contribution in [1.29, 1.82) is 0 Å². The van der Waals surface area contributed by atoms with E-state index in [1.54, 1.807) is 6.92 Å². The van der Waals surface area contributed by atoms with Crippen LogP contribution in [0.4, 0.5) is 4.39 Å². The molecule has 0 bridgehead atoms. The van der Waals surface area contributed by atoms with Crippen molar-refractivity contribution in [3.8, 4) is 5.75 Å². The number of ether oxygens (including phenoxy) is 2. The third-order valence-electron chi connectivity index (χ3n) is 1.96. The van der Waals surface area contributed by atoms with Gasteiger partial charge in [0.05, 0.1) is 19.6 Å². The monoisotopic (exact) mass is 240 g/mol. The van der Waals surface area contributed by atoms with Crippen molar-refractivity contribution >= 4 is 12.3 Å². The molecule has 0 fully saturated rings. The van der Waals surface area contributed by atoms with E-state index >= 15 is 0 Å². The molecule has 0 aliphatic rings. The molecular weight excluding hydrogens is 227 g/mol. The average molecular weight is 240 g/mol. The third-order valence-corrected chi connectivity index (χ3v) is 1.96. The summed E-state index contributed by atoms with van der Waals surface area (Å²) in [6.07, 6.45) is 0.605. The lowest BCUT2D eigenvalue weighted by Crippen LogP contribution is -2.10. The molecule has 92 valence electrons. The summed E-state index contributed by atoms with van der Waals surface area (Å²) in [7, 11) is 0. The Morgan fingerprint density at radius 2 is 2.24 bits per heavy atom. The summed E-state index contributed by atoms with van der Waals surface area (Å²) >= 11 is 0. The number of rotatable bonds is 6. The summed E-state index contributed by atoms with van der Waals surface area (Å²) in [5, 5.41) is 0. The summed E-state index contributed by atoms with van der Waals surface area (Å²) in [5.74, 6) is -1.00. The number of benzene rings is 1. The molecule has 0 radical (unpaired) electrons. The van der Waals surface area contributed by atoms with Crippen molar-refractivity contribution in [3.05, 3.63) is 29.6 Å². The molecule has 0 aliphatic heterocycles. The fraction of sp³-hybridized carbons (Fsp3) is 0.333. The molecule has 0 atom stereocenters. The van der Waals surface area contributed by atoms with E-state index in [0.29, 0.717) is 12.9 Å². The third kappa shape index (κ3) is 4.22. The van der Waals surface area contributed by atoms with Crippen LogP contribution >= 0.6 is 0 Å². The van der Waals surface area contributed by atoms with Gasteiger partial charge in [-0.15, -0.1) is 0 Å². The Balaban J connectivity index is 2.47. The van der Waals surface area contributed by atoms with Crippen LogP contribution in [0.25, 0.3) is 0 Å². The smallest absolute Gasteiger partial charge is 0.309 e. The highest BCUT2D eigenvalue weighted by Crippen LogP contribution is 2.17. The summed E-state index contributed by atoms with van der Waals surface area (Å²) in [5.41, 5.74) is 0.236. The lowest BCUT2D eigenvalue weighted by Gasteiger charge is -2.07. The maximum absolute atomic E-state index is 13.3. The molecule has 1 rings (SSSR count). The largest absolute Gasteiger partial charge is 0.490 e. The predicted octanol–water partition coefficient (Wildman–Crippen LogP) is 1.97. The molecule has 0 unspecified atom stereocenters. The Bertz CT molecular complexity index is 403. The fourth-order valence-electron chi connectivity index (χ4n) is 1.18. The highest BCUT2D eigenvalue weighted by atomic mass is 19.1. The van der Waals surface area contributed by atoms with E-state index < -0.39 is 11.8 Å². The predicted molar refractivity (Wildman–Crippen MR) is 58.5 cm³/mol. The summed E-state index contributed by atoms with van der Waals surface area (Å²) < 4.78 is 23.1. The van der Waals surface area contributed by atoms with Crippen molar-refractivity contribution in [2.24, 2.45) is 0 Å². The number of carbonyl (C=O) groups is 2. The number of halogens is 1. The number of hydrogen-bond acceptors (Lipinski definition) is 4. The second-order valence-corrected chi connectivity index (χ2v) is 3.21. The Morgan fingerprint density at radius 1 is 1.47 bits per heavy atom. The molecule has 0 spiro atoms. The number of aldehydes is 1. The van der Waals surface area contributed by atoms with Gasteiger partial charge in [-0.1, -0.05) is 0 Å². The topological polar surface area (TPSA) is 52.6 Å². The van der Waals surface area contributed by atoms with E-state index in [2.05, 4.69) is 4.74 Å². The van der Waals surface area contributed by atoms with Gasteiger partial charge in [0.2, 0.25) is 0 Å². The van der Waals surface area contributed by atoms with E-state index in [4.69, 9.17) is 4.74 Å². The zero-order valence-corrected chi connectivity index (χ0v) is 9.44. The van der Waals surface area contributed by atoms with Crippen LogP contribution in [0.2, 0.25) is 0 Å². The molecule has 0 aliphatic carbocycles. The molecule has 0 saturated heterocycles. The second kappa shape index (κ2) is 6.62. The molecule has 0 amide bonds. The standard InChI is InChI=1S/C12H13FO4/c1-2-16-12(15)5-6-17-11-4-3-9(8-14)7-10(11)13/h3-4,7-8H,2,5-6H2,1H3. The van der Waals surface area contributed by atoms with Crippen LogP contribution in [-0.2, 0) is 9.53 Å².